The highest BCUT2D eigenvalue weighted by molar-refractivity contribution is 5.07. The summed E-state index contributed by atoms with van der Waals surface area (Å²) >= 11 is 0. The van der Waals surface area contributed by atoms with Gasteiger partial charge in [0.15, 0.2) is 0 Å². The Labute approximate surface area is 132 Å². The standard InChI is InChI=1S/C13H28N.C5H6N2/c1-3-4-5-6-8-11-14(2)12-9-7-10-13-14;1-5(2,3-6)4-7/h3-13H2,1-2H3;1-2H3/q+1;. The Balaban J connectivity index is 0.000000486. The lowest BCUT2D eigenvalue weighted by molar-refractivity contribution is -0.914. The molecule has 3 nitrogen and oxygen atoms in total. The monoisotopic (exact) mass is 292 g/mol. The minimum atomic E-state index is -0.806. The smallest absolute Gasteiger partial charge is 0.138 e. The van der Waals surface area contributed by atoms with Crippen LogP contribution in [0.25, 0.3) is 0 Å². The molecule has 0 saturated carbocycles. The molecule has 0 N–H and O–H groups in total. The van der Waals surface area contributed by atoms with E-state index in [1.54, 1.807) is 13.8 Å². The van der Waals surface area contributed by atoms with Gasteiger partial charge in [0.1, 0.15) is 5.41 Å². The number of nitriles is 2. The predicted molar refractivity (Wildman–Crippen MR) is 88.4 cm³/mol. The average molecular weight is 292 g/mol. The van der Waals surface area contributed by atoms with Crippen LogP contribution in [0.3, 0.4) is 0 Å². The van der Waals surface area contributed by atoms with Crippen LogP contribution in [0.5, 0.6) is 0 Å². The number of quaternary nitrogens is 1. The molecular formula is C18H34N3+. The molecule has 0 amide bonds. The van der Waals surface area contributed by atoms with E-state index in [-0.39, 0.29) is 0 Å². The number of rotatable bonds is 6. The Morgan fingerprint density at radius 1 is 0.905 bits per heavy atom. The van der Waals surface area contributed by atoms with E-state index < -0.39 is 5.41 Å². The molecule has 1 rings (SSSR count). The summed E-state index contributed by atoms with van der Waals surface area (Å²) in [7, 11) is 2.46. The van der Waals surface area contributed by atoms with Gasteiger partial charge in [-0.2, -0.15) is 10.5 Å². The highest BCUT2D eigenvalue weighted by atomic mass is 15.3. The molecule has 0 unspecified atom stereocenters. The van der Waals surface area contributed by atoms with Crippen molar-refractivity contribution < 1.29 is 4.48 Å². The zero-order valence-electron chi connectivity index (χ0n) is 14.6. The van der Waals surface area contributed by atoms with Gasteiger partial charge in [-0.1, -0.05) is 26.2 Å². The van der Waals surface area contributed by atoms with Gasteiger partial charge in [-0.25, -0.2) is 0 Å². The molecule has 0 bridgehead atoms. The van der Waals surface area contributed by atoms with E-state index in [0.29, 0.717) is 0 Å². The van der Waals surface area contributed by atoms with Crippen LogP contribution < -0.4 is 0 Å². The quantitative estimate of drug-likeness (QED) is 0.528. The third kappa shape index (κ3) is 10.3. The summed E-state index contributed by atoms with van der Waals surface area (Å²) in [5.74, 6) is 0. The zero-order chi connectivity index (χ0) is 16.2. The van der Waals surface area contributed by atoms with Crippen molar-refractivity contribution in [3.05, 3.63) is 0 Å². The third-order valence-electron chi connectivity index (χ3n) is 4.26. The van der Waals surface area contributed by atoms with Gasteiger partial charge in [0.05, 0.1) is 38.8 Å². The maximum absolute atomic E-state index is 8.12. The summed E-state index contributed by atoms with van der Waals surface area (Å²) in [5.41, 5.74) is -0.806. The minimum absolute atomic E-state index is 0.806. The van der Waals surface area contributed by atoms with Crippen LogP contribution in [0, 0.1) is 28.1 Å². The minimum Gasteiger partial charge on any atom is -0.326 e. The SMILES string of the molecule is CC(C)(C#N)C#N.CCCCCCC[N+]1(C)CCCCC1. The Morgan fingerprint density at radius 3 is 1.86 bits per heavy atom. The fourth-order valence-electron chi connectivity index (χ4n) is 2.62. The van der Waals surface area contributed by atoms with Crippen molar-refractivity contribution in [2.24, 2.45) is 5.41 Å². The van der Waals surface area contributed by atoms with E-state index in [2.05, 4.69) is 14.0 Å². The molecule has 120 valence electrons. The van der Waals surface area contributed by atoms with E-state index >= 15 is 0 Å². The zero-order valence-corrected chi connectivity index (χ0v) is 14.6. The predicted octanol–water partition coefficient (Wildman–Crippen LogP) is 4.65. The van der Waals surface area contributed by atoms with E-state index in [4.69, 9.17) is 10.5 Å². The fourth-order valence-corrected chi connectivity index (χ4v) is 2.62. The van der Waals surface area contributed by atoms with Crippen LogP contribution in [-0.4, -0.2) is 31.2 Å². The van der Waals surface area contributed by atoms with Crippen molar-refractivity contribution in [3.8, 4) is 12.1 Å². The Kier molecular flexibility index (Phi) is 10.1. The molecule has 1 saturated heterocycles. The first-order valence-corrected chi connectivity index (χ1v) is 8.55. The van der Waals surface area contributed by atoms with Gasteiger partial charge >= 0.3 is 0 Å². The van der Waals surface area contributed by atoms with E-state index in [9.17, 15) is 0 Å². The van der Waals surface area contributed by atoms with E-state index in [0.717, 1.165) is 0 Å². The van der Waals surface area contributed by atoms with Crippen LogP contribution >= 0.6 is 0 Å². The summed E-state index contributed by atoms with van der Waals surface area (Å²) in [6.07, 6.45) is 11.6. The maximum atomic E-state index is 8.12. The number of unbranched alkanes of at least 4 members (excludes halogenated alkanes) is 4. The Bertz CT molecular complexity index is 324. The summed E-state index contributed by atoms with van der Waals surface area (Å²) in [6, 6.07) is 3.66. The van der Waals surface area contributed by atoms with Crippen molar-refractivity contribution >= 4 is 0 Å². The molecule has 1 aliphatic heterocycles. The normalized spacial score (nSPS) is 17.0. The van der Waals surface area contributed by atoms with Gasteiger partial charge in [-0.05, 0) is 46.0 Å². The van der Waals surface area contributed by atoms with Crippen LogP contribution in [-0.2, 0) is 0 Å². The first-order valence-electron chi connectivity index (χ1n) is 8.55. The van der Waals surface area contributed by atoms with E-state index in [1.807, 2.05) is 12.1 Å². The lowest BCUT2D eigenvalue weighted by Gasteiger charge is -2.37. The molecule has 1 aliphatic rings. The van der Waals surface area contributed by atoms with Crippen molar-refractivity contribution in [3.63, 3.8) is 0 Å². The summed E-state index contributed by atoms with van der Waals surface area (Å²) in [6.45, 7) is 9.75. The number of hydrogen-bond donors (Lipinski definition) is 0. The Morgan fingerprint density at radius 2 is 1.43 bits per heavy atom. The van der Waals surface area contributed by atoms with Crippen molar-refractivity contribution in [1.29, 1.82) is 10.5 Å². The van der Waals surface area contributed by atoms with Crippen LogP contribution in [0.15, 0.2) is 0 Å². The number of hydrogen-bond acceptors (Lipinski definition) is 2. The van der Waals surface area contributed by atoms with Gasteiger partial charge in [0.2, 0.25) is 0 Å². The lowest BCUT2D eigenvalue weighted by atomic mass is 9.99. The Hall–Kier alpha value is -1.06. The largest absolute Gasteiger partial charge is 0.326 e. The summed E-state index contributed by atoms with van der Waals surface area (Å²) in [5, 5.41) is 16.2. The van der Waals surface area contributed by atoms with Crippen molar-refractivity contribution in [2.75, 3.05) is 26.7 Å². The molecule has 1 fully saturated rings. The topological polar surface area (TPSA) is 47.6 Å². The number of nitrogens with zero attached hydrogens (tertiary/aromatic N) is 3. The number of likely N-dealkylation sites (tertiary alicyclic amines) is 1. The third-order valence-corrected chi connectivity index (χ3v) is 4.26. The summed E-state index contributed by atoms with van der Waals surface area (Å²) in [4.78, 5) is 0. The highest BCUT2D eigenvalue weighted by Gasteiger charge is 2.23. The fraction of sp³-hybridized carbons (Fsp3) is 0.889. The number of piperidine rings is 1. The molecule has 0 aromatic heterocycles. The average Bonchev–Trinajstić information content (AvgIpc) is 2.48. The highest BCUT2D eigenvalue weighted by Crippen LogP contribution is 2.17. The maximum Gasteiger partial charge on any atom is 0.138 e. The molecule has 1 heterocycles. The molecule has 21 heavy (non-hydrogen) atoms. The lowest BCUT2D eigenvalue weighted by Crippen LogP contribution is -2.48. The second-order valence-corrected chi connectivity index (χ2v) is 7.11. The summed E-state index contributed by atoms with van der Waals surface area (Å²) < 4.78 is 1.37. The van der Waals surface area contributed by atoms with Crippen LogP contribution in [0.1, 0.15) is 72.1 Å². The van der Waals surface area contributed by atoms with Crippen molar-refractivity contribution in [2.45, 2.75) is 72.1 Å². The molecule has 0 aromatic carbocycles. The van der Waals surface area contributed by atoms with Crippen LogP contribution in [0.2, 0.25) is 0 Å². The molecule has 0 aromatic rings. The van der Waals surface area contributed by atoms with Gasteiger partial charge in [0, 0.05) is 0 Å². The molecule has 0 spiro atoms. The second kappa shape index (κ2) is 10.6. The molecule has 0 aliphatic carbocycles. The first kappa shape index (κ1) is 19.9. The van der Waals surface area contributed by atoms with Gasteiger partial charge in [-0.3, -0.25) is 0 Å². The van der Waals surface area contributed by atoms with Crippen molar-refractivity contribution in [1.82, 2.24) is 0 Å². The molecule has 0 radical (unpaired) electrons. The molecule has 0 atom stereocenters. The molecule has 3 heteroatoms. The van der Waals surface area contributed by atoms with Gasteiger partial charge in [-0.15, -0.1) is 0 Å². The van der Waals surface area contributed by atoms with E-state index in [1.165, 1.54) is 75.5 Å². The second-order valence-electron chi connectivity index (χ2n) is 7.11. The first-order chi connectivity index (χ1) is 9.89. The molecular weight excluding hydrogens is 258 g/mol. The van der Waals surface area contributed by atoms with Crippen LogP contribution in [0.4, 0.5) is 0 Å². The van der Waals surface area contributed by atoms with Gasteiger partial charge in [0.25, 0.3) is 0 Å². The van der Waals surface area contributed by atoms with Gasteiger partial charge < -0.3 is 4.48 Å².